The van der Waals surface area contributed by atoms with Crippen LogP contribution in [0.5, 0.6) is 0 Å². The summed E-state index contributed by atoms with van der Waals surface area (Å²) in [6.45, 7) is 4.66. The quantitative estimate of drug-likeness (QED) is 0.440. The summed E-state index contributed by atoms with van der Waals surface area (Å²) >= 11 is 6.02. The minimum Gasteiger partial charge on any atom is -0.393 e. The number of benzene rings is 1. The second-order valence-electron chi connectivity index (χ2n) is 10.4. The van der Waals surface area contributed by atoms with Gasteiger partial charge in [0.15, 0.2) is 5.78 Å². The van der Waals surface area contributed by atoms with Crippen molar-refractivity contribution >= 4 is 23.5 Å². The molecule has 3 heteroatoms. The Morgan fingerprint density at radius 2 is 1.76 bits per heavy atom. The first kappa shape index (κ1) is 19.6. The first-order valence-electron chi connectivity index (χ1n) is 11.2. The predicted molar refractivity (Wildman–Crippen MR) is 118 cm³/mol. The smallest absolute Gasteiger partial charge is 0.165 e. The molecule has 3 fully saturated rings. The second kappa shape index (κ2) is 6.82. The molecule has 0 heterocycles. The van der Waals surface area contributed by atoms with E-state index in [9.17, 15) is 9.90 Å². The highest BCUT2D eigenvalue weighted by molar-refractivity contribution is 6.30. The summed E-state index contributed by atoms with van der Waals surface area (Å²) < 4.78 is 0. The summed E-state index contributed by atoms with van der Waals surface area (Å²) in [6.07, 6.45) is 11.3. The van der Waals surface area contributed by atoms with Crippen molar-refractivity contribution in [1.82, 2.24) is 0 Å². The number of Topliss-reactive ketones (excluding diaryl/α,β-unsaturated/α-hetero) is 1. The number of rotatable bonds is 1. The molecule has 0 aliphatic heterocycles. The van der Waals surface area contributed by atoms with Crippen molar-refractivity contribution in [3.63, 3.8) is 0 Å². The minimum atomic E-state index is -0.213. The number of aliphatic hydroxyl groups excluding tert-OH is 1. The maximum absolute atomic E-state index is 13.5. The summed E-state index contributed by atoms with van der Waals surface area (Å²) in [5.41, 5.74) is 3.56. The molecule has 3 saturated carbocycles. The third-order valence-electron chi connectivity index (χ3n) is 8.93. The van der Waals surface area contributed by atoms with Crippen molar-refractivity contribution in [1.29, 1.82) is 0 Å². The molecule has 0 bridgehead atoms. The maximum Gasteiger partial charge on any atom is 0.165 e. The Balaban J connectivity index is 1.47. The van der Waals surface area contributed by atoms with Gasteiger partial charge in [-0.3, -0.25) is 4.79 Å². The van der Waals surface area contributed by atoms with Crippen LogP contribution in [0, 0.1) is 28.6 Å². The number of hydrogen-bond donors (Lipinski definition) is 1. The van der Waals surface area contributed by atoms with Crippen LogP contribution in [-0.2, 0) is 4.79 Å². The van der Waals surface area contributed by atoms with Crippen LogP contribution in [0.25, 0.3) is 6.08 Å². The molecule has 0 aromatic heterocycles. The fraction of sp³-hybridized carbons (Fsp3) is 0.577. The van der Waals surface area contributed by atoms with E-state index in [1.807, 2.05) is 24.3 Å². The van der Waals surface area contributed by atoms with Crippen molar-refractivity contribution in [2.24, 2.45) is 28.6 Å². The molecule has 0 amide bonds. The molecule has 0 saturated heterocycles. The fourth-order valence-electron chi connectivity index (χ4n) is 7.20. The van der Waals surface area contributed by atoms with Crippen molar-refractivity contribution < 1.29 is 9.90 Å². The van der Waals surface area contributed by atoms with E-state index in [1.165, 1.54) is 5.57 Å². The predicted octanol–water partition coefficient (Wildman–Crippen LogP) is 6.23. The lowest BCUT2D eigenvalue weighted by Crippen LogP contribution is -2.50. The largest absolute Gasteiger partial charge is 0.393 e. The van der Waals surface area contributed by atoms with E-state index < -0.39 is 0 Å². The average Bonchev–Trinajstić information content (AvgIpc) is 2.95. The topological polar surface area (TPSA) is 37.3 Å². The lowest BCUT2D eigenvalue weighted by molar-refractivity contribution is -0.130. The number of aliphatic hydroxyl groups is 1. The van der Waals surface area contributed by atoms with Gasteiger partial charge < -0.3 is 5.11 Å². The van der Waals surface area contributed by atoms with Crippen LogP contribution in [0.15, 0.2) is 41.5 Å². The van der Waals surface area contributed by atoms with Gasteiger partial charge in [-0.15, -0.1) is 0 Å². The average molecular weight is 411 g/mol. The van der Waals surface area contributed by atoms with Crippen LogP contribution >= 0.6 is 11.6 Å². The number of carbonyl (C=O) groups excluding carboxylic acids is 1. The van der Waals surface area contributed by atoms with Gasteiger partial charge in [-0.2, -0.15) is 0 Å². The zero-order chi connectivity index (χ0) is 20.4. The number of allylic oxidation sites excluding steroid dienone is 2. The van der Waals surface area contributed by atoms with Gasteiger partial charge in [-0.25, -0.2) is 0 Å². The molecule has 29 heavy (non-hydrogen) atoms. The molecule has 1 N–H and O–H groups in total. The molecule has 4 aliphatic rings. The maximum atomic E-state index is 13.5. The van der Waals surface area contributed by atoms with Crippen molar-refractivity contribution in [2.75, 3.05) is 0 Å². The molecule has 2 nitrogen and oxygen atoms in total. The lowest BCUT2D eigenvalue weighted by Gasteiger charge is -2.56. The SMILES string of the molecule is C[C@@]12CC[C@H]3[C@@H](CC=C4C[C@H](O)CC[C@@]43C)[C@H]1CC(=Cc1ccc(Cl)cc1)C2=O. The van der Waals surface area contributed by atoms with E-state index in [0.29, 0.717) is 23.5 Å². The van der Waals surface area contributed by atoms with Crippen LogP contribution in [0.2, 0.25) is 5.02 Å². The first-order chi connectivity index (χ1) is 13.8. The normalized spacial score (nSPS) is 42.8. The zero-order valence-electron chi connectivity index (χ0n) is 17.5. The third kappa shape index (κ3) is 2.98. The van der Waals surface area contributed by atoms with Gasteiger partial charge in [0.2, 0.25) is 0 Å². The van der Waals surface area contributed by atoms with Crippen molar-refractivity contribution in [2.45, 2.75) is 64.9 Å². The van der Waals surface area contributed by atoms with Crippen LogP contribution in [0.4, 0.5) is 0 Å². The molecule has 4 aliphatic carbocycles. The van der Waals surface area contributed by atoms with E-state index in [2.05, 4.69) is 26.0 Å². The Hall–Kier alpha value is -1.38. The molecule has 1 aromatic carbocycles. The number of hydrogen-bond acceptors (Lipinski definition) is 2. The fourth-order valence-corrected chi connectivity index (χ4v) is 7.33. The summed E-state index contributed by atoms with van der Waals surface area (Å²) in [4.78, 5) is 13.5. The van der Waals surface area contributed by atoms with Crippen LogP contribution in [0.3, 0.4) is 0 Å². The van der Waals surface area contributed by atoms with Gasteiger partial charge in [-0.05, 0) is 97.5 Å². The van der Waals surface area contributed by atoms with Gasteiger partial charge in [0.05, 0.1) is 6.10 Å². The summed E-state index contributed by atoms with van der Waals surface area (Å²) in [6, 6.07) is 7.79. The second-order valence-corrected chi connectivity index (χ2v) is 10.8. The molecule has 154 valence electrons. The van der Waals surface area contributed by atoms with E-state index in [1.54, 1.807) is 0 Å². The Bertz CT molecular complexity index is 898. The van der Waals surface area contributed by atoms with Crippen LogP contribution < -0.4 is 0 Å². The molecule has 0 unspecified atom stereocenters. The zero-order valence-corrected chi connectivity index (χ0v) is 18.2. The van der Waals surface area contributed by atoms with Crippen LogP contribution in [0.1, 0.15) is 64.4 Å². The van der Waals surface area contributed by atoms with Crippen LogP contribution in [-0.4, -0.2) is 17.0 Å². The number of halogens is 1. The number of fused-ring (bicyclic) bond motifs is 5. The Labute approximate surface area is 179 Å². The van der Waals surface area contributed by atoms with E-state index >= 15 is 0 Å². The molecular weight excluding hydrogens is 380 g/mol. The first-order valence-corrected chi connectivity index (χ1v) is 11.6. The van der Waals surface area contributed by atoms with Crippen molar-refractivity contribution in [3.05, 3.63) is 52.1 Å². The Morgan fingerprint density at radius 1 is 1.03 bits per heavy atom. The van der Waals surface area contributed by atoms with Gasteiger partial charge in [-0.1, -0.05) is 49.2 Å². The molecule has 0 spiro atoms. The van der Waals surface area contributed by atoms with E-state index in [0.717, 1.165) is 61.1 Å². The minimum absolute atomic E-state index is 0.165. The Kier molecular flexibility index (Phi) is 4.60. The molecule has 1 aromatic rings. The number of carbonyl (C=O) groups is 1. The summed E-state index contributed by atoms with van der Waals surface area (Å²) in [5.74, 6) is 2.04. The highest BCUT2D eigenvalue weighted by Gasteiger charge is 2.59. The Morgan fingerprint density at radius 3 is 2.52 bits per heavy atom. The van der Waals surface area contributed by atoms with Gasteiger partial charge >= 0.3 is 0 Å². The third-order valence-corrected chi connectivity index (χ3v) is 9.18. The molecule has 6 atom stereocenters. The molecule has 0 radical (unpaired) electrons. The van der Waals surface area contributed by atoms with Gasteiger partial charge in [0.25, 0.3) is 0 Å². The molecular formula is C26H31ClO2. The van der Waals surface area contributed by atoms with E-state index in [-0.39, 0.29) is 16.9 Å². The lowest BCUT2D eigenvalue weighted by atomic mass is 9.48. The molecule has 5 rings (SSSR count). The summed E-state index contributed by atoms with van der Waals surface area (Å²) in [7, 11) is 0. The monoisotopic (exact) mass is 410 g/mol. The highest BCUT2D eigenvalue weighted by atomic mass is 35.5. The highest BCUT2D eigenvalue weighted by Crippen LogP contribution is 2.64. The van der Waals surface area contributed by atoms with Gasteiger partial charge in [0, 0.05) is 10.4 Å². The summed E-state index contributed by atoms with van der Waals surface area (Å²) in [5, 5.41) is 10.9. The standard InChI is InChI=1S/C26H31ClO2/c1-25-11-9-20(28)15-18(25)5-8-21-22(25)10-12-26(2)23(21)14-17(24(26)29)13-16-3-6-19(27)7-4-16/h3-7,13,20-23,28H,8-12,14-15H2,1-2H3/t20-,21-,22+,23-,25+,26-/m1/s1. The number of ketones is 1. The van der Waals surface area contributed by atoms with Gasteiger partial charge in [0.1, 0.15) is 0 Å². The van der Waals surface area contributed by atoms with E-state index in [4.69, 9.17) is 11.6 Å². The van der Waals surface area contributed by atoms with Crippen molar-refractivity contribution in [3.8, 4) is 0 Å².